The van der Waals surface area contributed by atoms with Gasteiger partial charge in [-0.15, -0.1) is 0 Å². The van der Waals surface area contributed by atoms with Gasteiger partial charge < -0.3 is 4.74 Å². The second-order valence-electron chi connectivity index (χ2n) is 6.30. The number of rotatable bonds is 6. The average Bonchev–Trinajstić information content (AvgIpc) is 2.75. The van der Waals surface area contributed by atoms with Gasteiger partial charge in [0.25, 0.3) is 5.69 Å². The largest absolute Gasteiger partial charge is 0.423 e. The molecule has 29 heavy (non-hydrogen) atoms. The van der Waals surface area contributed by atoms with Crippen LogP contribution < -0.4 is 4.74 Å². The molecular weight excluding hydrogens is 366 g/mol. The van der Waals surface area contributed by atoms with E-state index in [1.54, 1.807) is 13.0 Å². The molecule has 0 saturated heterocycles. The summed E-state index contributed by atoms with van der Waals surface area (Å²) in [6.45, 7) is 1.66. The minimum absolute atomic E-state index is 0.0599. The number of carbonyl (C=O) groups excluding carboxylic acids is 1. The summed E-state index contributed by atoms with van der Waals surface area (Å²) in [4.78, 5) is 22.6. The highest BCUT2D eigenvalue weighted by molar-refractivity contribution is 5.91. The number of non-ortho nitro benzene ring substituents is 1. The Kier molecular flexibility index (Phi) is 6.32. The zero-order chi connectivity index (χ0) is 20.6. The van der Waals surface area contributed by atoms with E-state index in [0.29, 0.717) is 5.57 Å². The van der Waals surface area contributed by atoms with Crippen LogP contribution in [-0.4, -0.2) is 10.9 Å². The second-order valence-corrected chi connectivity index (χ2v) is 6.30. The number of nitro groups is 1. The highest BCUT2D eigenvalue weighted by atomic mass is 16.6. The summed E-state index contributed by atoms with van der Waals surface area (Å²) < 4.78 is 5.30. The molecule has 0 aliphatic carbocycles. The van der Waals surface area contributed by atoms with Crippen LogP contribution in [0, 0.1) is 10.1 Å². The van der Waals surface area contributed by atoms with Crippen molar-refractivity contribution in [2.75, 3.05) is 0 Å². The minimum Gasteiger partial charge on any atom is -0.423 e. The molecule has 5 nitrogen and oxygen atoms in total. The number of esters is 1. The molecule has 0 bridgehead atoms. The van der Waals surface area contributed by atoms with Crippen molar-refractivity contribution in [1.29, 1.82) is 0 Å². The van der Waals surface area contributed by atoms with Gasteiger partial charge in [-0.05, 0) is 35.8 Å². The summed E-state index contributed by atoms with van der Waals surface area (Å²) in [5, 5.41) is 10.7. The van der Waals surface area contributed by atoms with Gasteiger partial charge in [0, 0.05) is 17.7 Å². The lowest BCUT2D eigenvalue weighted by molar-refractivity contribution is -0.384. The second kappa shape index (κ2) is 9.28. The summed E-state index contributed by atoms with van der Waals surface area (Å²) in [6, 6.07) is 25.2. The van der Waals surface area contributed by atoms with Crippen LogP contribution in [0.2, 0.25) is 0 Å². The first kappa shape index (κ1) is 19.8. The van der Waals surface area contributed by atoms with Crippen molar-refractivity contribution in [2.24, 2.45) is 0 Å². The Morgan fingerprint density at radius 3 is 1.83 bits per heavy atom. The molecule has 0 N–H and O–H groups in total. The van der Waals surface area contributed by atoms with Crippen molar-refractivity contribution in [3.63, 3.8) is 0 Å². The van der Waals surface area contributed by atoms with Crippen LogP contribution in [0.5, 0.6) is 5.75 Å². The van der Waals surface area contributed by atoms with Gasteiger partial charge in [-0.1, -0.05) is 72.8 Å². The first-order valence-corrected chi connectivity index (χ1v) is 9.00. The minimum atomic E-state index is -0.518. The van der Waals surface area contributed by atoms with Gasteiger partial charge in [0.1, 0.15) is 5.75 Å². The number of hydrogen-bond donors (Lipinski definition) is 0. The third-order valence-electron chi connectivity index (χ3n) is 4.25. The lowest BCUT2D eigenvalue weighted by Gasteiger charge is -2.08. The molecule has 0 unspecified atom stereocenters. The molecule has 0 amide bonds. The molecule has 0 spiro atoms. The van der Waals surface area contributed by atoms with Crippen molar-refractivity contribution in [3.8, 4) is 5.75 Å². The molecule has 0 aromatic heterocycles. The molecule has 144 valence electrons. The summed E-state index contributed by atoms with van der Waals surface area (Å²) in [5.74, 6) is -0.265. The van der Waals surface area contributed by atoms with E-state index in [-0.39, 0.29) is 11.4 Å². The normalized spacial score (nSPS) is 10.9. The van der Waals surface area contributed by atoms with Crippen LogP contribution >= 0.6 is 0 Å². The SMILES string of the molecule is CC(=CC=C(c1ccccc1)c1ccccc1)C(=O)Oc1ccc([N+](=O)[O-])cc1. The Hall–Kier alpha value is -3.99. The van der Waals surface area contributed by atoms with Crippen LogP contribution in [0.3, 0.4) is 0 Å². The summed E-state index contributed by atoms with van der Waals surface area (Å²) in [7, 11) is 0. The number of allylic oxidation sites excluding steroid dienone is 2. The molecular formula is C24H19NO4. The van der Waals surface area contributed by atoms with Crippen molar-refractivity contribution in [3.05, 3.63) is 124 Å². The van der Waals surface area contributed by atoms with Crippen LogP contribution in [0.1, 0.15) is 18.1 Å². The monoisotopic (exact) mass is 385 g/mol. The topological polar surface area (TPSA) is 69.4 Å². The van der Waals surface area contributed by atoms with Crippen molar-refractivity contribution >= 4 is 17.2 Å². The van der Waals surface area contributed by atoms with Crippen LogP contribution in [0.15, 0.2) is 103 Å². The zero-order valence-electron chi connectivity index (χ0n) is 15.8. The Morgan fingerprint density at radius 1 is 0.828 bits per heavy atom. The predicted molar refractivity (Wildman–Crippen MR) is 112 cm³/mol. The van der Waals surface area contributed by atoms with Gasteiger partial charge in [0.2, 0.25) is 0 Å². The maximum Gasteiger partial charge on any atom is 0.339 e. The molecule has 3 rings (SSSR count). The smallest absolute Gasteiger partial charge is 0.339 e. The Morgan fingerprint density at radius 2 is 1.34 bits per heavy atom. The highest BCUT2D eigenvalue weighted by Gasteiger charge is 2.10. The first-order valence-electron chi connectivity index (χ1n) is 9.00. The van der Waals surface area contributed by atoms with Crippen molar-refractivity contribution < 1.29 is 14.5 Å². The van der Waals surface area contributed by atoms with E-state index < -0.39 is 10.9 Å². The number of nitro benzene ring substituents is 1. The van der Waals surface area contributed by atoms with Gasteiger partial charge >= 0.3 is 5.97 Å². The van der Waals surface area contributed by atoms with E-state index in [4.69, 9.17) is 4.74 Å². The van der Waals surface area contributed by atoms with E-state index in [1.165, 1.54) is 24.3 Å². The van der Waals surface area contributed by atoms with Gasteiger partial charge in [0.05, 0.1) is 4.92 Å². The molecule has 3 aromatic rings. The Labute approximate surface area is 168 Å². The molecule has 0 aliphatic heterocycles. The van der Waals surface area contributed by atoms with E-state index in [9.17, 15) is 14.9 Å². The van der Waals surface area contributed by atoms with E-state index in [0.717, 1.165) is 16.7 Å². The third-order valence-corrected chi connectivity index (χ3v) is 4.25. The number of benzene rings is 3. The molecule has 0 heterocycles. The Bertz CT molecular complexity index is 1010. The molecule has 5 heteroatoms. The number of carbonyl (C=O) groups is 1. The lowest BCUT2D eigenvalue weighted by Crippen LogP contribution is -2.09. The van der Waals surface area contributed by atoms with E-state index in [1.807, 2.05) is 66.7 Å². The molecule has 0 radical (unpaired) electrons. The maximum atomic E-state index is 12.4. The fourth-order valence-corrected chi connectivity index (χ4v) is 2.69. The predicted octanol–water partition coefficient (Wildman–Crippen LogP) is 5.58. The molecule has 0 aliphatic rings. The van der Waals surface area contributed by atoms with Crippen LogP contribution in [0.4, 0.5) is 5.69 Å². The van der Waals surface area contributed by atoms with Gasteiger partial charge in [0.15, 0.2) is 0 Å². The molecule has 0 saturated carbocycles. The average molecular weight is 385 g/mol. The van der Waals surface area contributed by atoms with Crippen molar-refractivity contribution in [1.82, 2.24) is 0 Å². The summed E-state index contributed by atoms with van der Waals surface area (Å²) in [6.07, 6.45) is 3.60. The molecule has 0 atom stereocenters. The third kappa shape index (κ3) is 5.26. The fourth-order valence-electron chi connectivity index (χ4n) is 2.69. The number of ether oxygens (including phenoxy) is 1. The van der Waals surface area contributed by atoms with Crippen LogP contribution in [0.25, 0.3) is 5.57 Å². The fraction of sp³-hybridized carbons (Fsp3) is 0.0417. The Balaban J connectivity index is 1.82. The van der Waals surface area contributed by atoms with E-state index in [2.05, 4.69) is 0 Å². The quantitative estimate of drug-likeness (QED) is 0.139. The van der Waals surface area contributed by atoms with Crippen molar-refractivity contribution in [2.45, 2.75) is 6.92 Å². The first-order chi connectivity index (χ1) is 14.0. The number of nitrogens with zero attached hydrogens (tertiary/aromatic N) is 1. The van der Waals surface area contributed by atoms with Gasteiger partial charge in [-0.3, -0.25) is 10.1 Å². The maximum absolute atomic E-state index is 12.4. The zero-order valence-corrected chi connectivity index (χ0v) is 15.8. The summed E-state index contributed by atoms with van der Waals surface area (Å²) >= 11 is 0. The van der Waals surface area contributed by atoms with Crippen LogP contribution in [-0.2, 0) is 4.79 Å². The van der Waals surface area contributed by atoms with E-state index >= 15 is 0 Å². The number of hydrogen-bond acceptors (Lipinski definition) is 4. The van der Waals surface area contributed by atoms with Gasteiger partial charge in [-0.2, -0.15) is 0 Å². The molecule has 3 aromatic carbocycles. The highest BCUT2D eigenvalue weighted by Crippen LogP contribution is 2.24. The molecule has 0 fully saturated rings. The van der Waals surface area contributed by atoms with Gasteiger partial charge in [-0.25, -0.2) is 4.79 Å². The summed E-state index contributed by atoms with van der Waals surface area (Å²) in [5.41, 5.74) is 3.40. The standard InChI is InChI=1S/C24H19NO4/c1-18(24(26)29-22-15-13-21(14-16-22)25(27)28)12-17-23(19-8-4-2-5-9-19)20-10-6-3-7-11-20/h2-17H,1H3. The lowest BCUT2D eigenvalue weighted by atomic mass is 9.97.